The number of aliphatic imine (C=N–C) groups is 1. The normalized spacial score (nSPS) is 17.2. The van der Waals surface area contributed by atoms with Gasteiger partial charge in [-0.3, -0.25) is 9.89 Å². The van der Waals surface area contributed by atoms with Crippen LogP contribution in [0, 0.1) is 0 Å². The van der Waals surface area contributed by atoms with Crippen LogP contribution < -0.4 is 20.1 Å². The van der Waals surface area contributed by atoms with Crippen molar-refractivity contribution < 1.29 is 9.47 Å². The van der Waals surface area contributed by atoms with Gasteiger partial charge in [0.15, 0.2) is 17.5 Å². The van der Waals surface area contributed by atoms with Gasteiger partial charge in [0, 0.05) is 52.4 Å². The molecule has 1 atom stereocenters. The van der Waals surface area contributed by atoms with Gasteiger partial charge in [0.25, 0.3) is 0 Å². The Labute approximate surface area is 170 Å². The number of nitrogens with zero attached hydrogens (tertiary/aromatic N) is 3. The van der Waals surface area contributed by atoms with Gasteiger partial charge in [-0.25, -0.2) is 0 Å². The highest BCUT2D eigenvalue weighted by Crippen LogP contribution is 2.27. The molecule has 1 fully saturated rings. The van der Waals surface area contributed by atoms with E-state index in [-0.39, 0.29) is 0 Å². The molecule has 1 heterocycles. The molecule has 1 aliphatic heterocycles. The summed E-state index contributed by atoms with van der Waals surface area (Å²) in [6.07, 6.45) is 0.885. The summed E-state index contributed by atoms with van der Waals surface area (Å²) in [6.45, 7) is 12.0. The summed E-state index contributed by atoms with van der Waals surface area (Å²) in [4.78, 5) is 9.40. The van der Waals surface area contributed by atoms with E-state index < -0.39 is 0 Å². The van der Waals surface area contributed by atoms with Gasteiger partial charge in [-0.2, -0.15) is 0 Å². The number of hydrogen-bond donors (Lipinski definition) is 2. The first-order chi connectivity index (χ1) is 13.6. The summed E-state index contributed by atoms with van der Waals surface area (Å²) in [5, 5.41) is 6.86. The minimum atomic E-state index is 0.489. The highest BCUT2D eigenvalue weighted by atomic mass is 16.5. The van der Waals surface area contributed by atoms with Crippen molar-refractivity contribution in [2.75, 3.05) is 67.1 Å². The van der Waals surface area contributed by atoms with Crippen molar-refractivity contribution >= 4 is 5.96 Å². The molecule has 0 spiro atoms. The minimum Gasteiger partial charge on any atom is -0.493 e. The topological polar surface area (TPSA) is 61.4 Å². The fraction of sp³-hybridized carbons (Fsp3) is 0.667. The predicted molar refractivity (Wildman–Crippen MR) is 116 cm³/mol. The molecule has 0 bridgehead atoms. The third-order valence-corrected chi connectivity index (χ3v) is 5.42. The van der Waals surface area contributed by atoms with Gasteiger partial charge in [0.1, 0.15) is 0 Å². The van der Waals surface area contributed by atoms with Crippen molar-refractivity contribution in [1.29, 1.82) is 0 Å². The zero-order chi connectivity index (χ0) is 20.4. The van der Waals surface area contributed by atoms with Crippen LogP contribution in [0.4, 0.5) is 0 Å². The van der Waals surface area contributed by atoms with Gasteiger partial charge < -0.3 is 25.0 Å². The second kappa shape index (κ2) is 11.8. The van der Waals surface area contributed by atoms with Crippen molar-refractivity contribution in [3.05, 3.63) is 23.8 Å². The first-order valence-corrected chi connectivity index (χ1v) is 10.2. The van der Waals surface area contributed by atoms with Gasteiger partial charge >= 0.3 is 0 Å². The number of nitrogens with one attached hydrogen (secondary N) is 2. The summed E-state index contributed by atoms with van der Waals surface area (Å²) in [5.74, 6) is 2.37. The lowest BCUT2D eigenvalue weighted by Gasteiger charge is -2.37. The van der Waals surface area contributed by atoms with Gasteiger partial charge in [-0.05, 0) is 37.6 Å². The second-order valence-electron chi connectivity index (χ2n) is 7.14. The van der Waals surface area contributed by atoms with Crippen LogP contribution in [0.15, 0.2) is 23.2 Å². The van der Waals surface area contributed by atoms with Crippen molar-refractivity contribution in [3.8, 4) is 11.5 Å². The fourth-order valence-electron chi connectivity index (χ4n) is 3.48. The third-order valence-electron chi connectivity index (χ3n) is 5.42. The predicted octanol–water partition coefficient (Wildman–Crippen LogP) is 1.44. The Bertz CT molecular complexity index is 615. The van der Waals surface area contributed by atoms with E-state index in [4.69, 9.17) is 9.47 Å². The molecule has 2 rings (SSSR count). The smallest absolute Gasteiger partial charge is 0.191 e. The molecule has 1 unspecified atom stereocenters. The van der Waals surface area contributed by atoms with Crippen molar-refractivity contribution in [2.24, 2.45) is 4.99 Å². The monoisotopic (exact) mass is 391 g/mol. The van der Waals surface area contributed by atoms with Gasteiger partial charge in [0.05, 0.1) is 14.2 Å². The van der Waals surface area contributed by atoms with Crippen LogP contribution in [0.5, 0.6) is 11.5 Å². The molecule has 0 radical (unpaired) electrons. The lowest BCUT2D eigenvalue weighted by atomic mass is 10.1. The van der Waals surface area contributed by atoms with Gasteiger partial charge in [-0.1, -0.05) is 13.0 Å². The number of hydrogen-bond acceptors (Lipinski definition) is 5. The van der Waals surface area contributed by atoms with Crippen LogP contribution in [0.1, 0.15) is 19.4 Å². The molecular formula is C21H37N5O2. The summed E-state index contributed by atoms with van der Waals surface area (Å²) < 4.78 is 10.7. The lowest BCUT2D eigenvalue weighted by Crippen LogP contribution is -2.53. The van der Waals surface area contributed by atoms with Crippen molar-refractivity contribution in [1.82, 2.24) is 20.4 Å². The number of likely N-dealkylation sites (N-methyl/N-ethyl adjacent to an activating group) is 1. The maximum Gasteiger partial charge on any atom is 0.191 e. The van der Waals surface area contributed by atoms with Crippen molar-refractivity contribution in [2.45, 2.75) is 26.3 Å². The molecule has 2 N–H and O–H groups in total. The minimum absolute atomic E-state index is 0.489. The number of methoxy groups -OCH3 is 2. The Morgan fingerprint density at radius 2 is 1.82 bits per heavy atom. The molecule has 0 aromatic heterocycles. The summed E-state index contributed by atoms with van der Waals surface area (Å²) >= 11 is 0. The van der Waals surface area contributed by atoms with E-state index in [0.29, 0.717) is 6.04 Å². The summed E-state index contributed by atoms with van der Waals surface area (Å²) in [7, 11) is 5.13. The van der Waals surface area contributed by atoms with Crippen LogP contribution in [0.3, 0.4) is 0 Å². The van der Waals surface area contributed by atoms with Crippen LogP contribution in [-0.2, 0) is 6.42 Å². The van der Waals surface area contributed by atoms with E-state index in [2.05, 4.69) is 45.3 Å². The quantitative estimate of drug-likeness (QED) is 0.491. The molecule has 1 aromatic carbocycles. The Morgan fingerprint density at radius 1 is 1.11 bits per heavy atom. The van der Waals surface area contributed by atoms with E-state index in [0.717, 1.165) is 56.6 Å². The van der Waals surface area contributed by atoms with Crippen LogP contribution in [0.25, 0.3) is 0 Å². The molecule has 0 amide bonds. The number of benzene rings is 1. The standard InChI is InChI=1S/C21H37N5O2/c1-6-25-11-13-26(14-12-25)17(2)16-24-21(22-3)23-10-9-18-7-8-19(27-4)20(15-18)28-5/h7-8,15,17H,6,9-14,16H2,1-5H3,(H2,22,23,24). The number of rotatable bonds is 9. The Balaban J connectivity index is 1.73. The molecule has 28 heavy (non-hydrogen) atoms. The maximum absolute atomic E-state index is 5.37. The Hall–Kier alpha value is -1.99. The Morgan fingerprint density at radius 3 is 2.43 bits per heavy atom. The van der Waals surface area contributed by atoms with E-state index in [1.54, 1.807) is 14.2 Å². The zero-order valence-corrected chi connectivity index (χ0v) is 18.1. The van der Waals surface area contributed by atoms with E-state index >= 15 is 0 Å². The highest BCUT2D eigenvalue weighted by Gasteiger charge is 2.20. The average molecular weight is 392 g/mol. The number of piperazine rings is 1. The molecule has 1 aliphatic rings. The summed E-state index contributed by atoms with van der Waals surface area (Å²) in [5.41, 5.74) is 1.20. The molecule has 1 aromatic rings. The first-order valence-electron chi connectivity index (χ1n) is 10.2. The third kappa shape index (κ3) is 6.56. The molecular weight excluding hydrogens is 354 g/mol. The molecule has 7 nitrogen and oxygen atoms in total. The zero-order valence-electron chi connectivity index (χ0n) is 18.1. The fourth-order valence-corrected chi connectivity index (χ4v) is 3.48. The van der Waals surface area contributed by atoms with Gasteiger partial charge in [0.2, 0.25) is 0 Å². The second-order valence-corrected chi connectivity index (χ2v) is 7.14. The van der Waals surface area contributed by atoms with E-state index in [9.17, 15) is 0 Å². The first kappa shape index (κ1) is 22.3. The largest absolute Gasteiger partial charge is 0.493 e. The molecule has 1 saturated heterocycles. The number of guanidine groups is 1. The van der Waals surface area contributed by atoms with E-state index in [1.165, 1.54) is 18.7 Å². The highest BCUT2D eigenvalue weighted by molar-refractivity contribution is 5.79. The molecule has 7 heteroatoms. The van der Waals surface area contributed by atoms with Crippen LogP contribution in [0.2, 0.25) is 0 Å². The molecule has 158 valence electrons. The van der Waals surface area contributed by atoms with Gasteiger partial charge in [-0.15, -0.1) is 0 Å². The average Bonchev–Trinajstić information content (AvgIpc) is 2.75. The van der Waals surface area contributed by atoms with Crippen molar-refractivity contribution in [3.63, 3.8) is 0 Å². The SMILES string of the molecule is CCN1CCN(C(C)CNC(=NC)NCCc2ccc(OC)c(OC)c2)CC1. The molecule has 0 aliphatic carbocycles. The lowest BCUT2D eigenvalue weighted by molar-refractivity contribution is 0.107. The van der Waals surface area contributed by atoms with Crippen LogP contribution in [-0.4, -0.2) is 88.9 Å². The Kier molecular flexibility index (Phi) is 9.37. The number of ether oxygens (including phenoxy) is 2. The summed E-state index contributed by atoms with van der Waals surface area (Å²) in [6, 6.07) is 6.52. The van der Waals surface area contributed by atoms with E-state index in [1.807, 2.05) is 19.2 Å². The van der Waals surface area contributed by atoms with Crippen LogP contribution >= 0.6 is 0 Å². The molecule has 0 saturated carbocycles. The maximum atomic E-state index is 5.37.